The van der Waals surface area contributed by atoms with Gasteiger partial charge in [0.2, 0.25) is 11.6 Å². The fourth-order valence-electron chi connectivity index (χ4n) is 3.08. The summed E-state index contributed by atoms with van der Waals surface area (Å²) in [6, 6.07) is 6.60. The van der Waals surface area contributed by atoms with Crippen molar-refractivity contribution >= 4 is 11.6 Å². The van der Waals surface area contributed by atoms with Crippen molar-refractivity contribution in [2.45, 2.75) is 25.8 Å². The number of fused-ring (bicyclic) bond motifs is 3. The van der Waals surface area contributed by atoms with E-state index in [1.54, 1.807) is 28.8 Å². The van der Waals surface area contributed by atoms with Crippen LogP contribution in [-0.2, 0) is 13.0 Å². The molecule has 0 saturated carbocycles. The minimum atomic E-state index is -0.390. The third-order valence-corrected chi connectivity index (χ3v) is 4.14. The SMILES string of the molecule is O=C1c2ccccc2C(=O)c2c1nc1n(c2=O)CCCC1. The van der Waals surface area contributed by atoms with Crippen molar-refractivity contribution in [3.8, 4) is 0 Å². The molecule has 0 atom stereocenters. The molecule has 0 amide bonds. The van der Waals surface area contributed by atoms with Gasteiger partial charge >= 0.3 is 0 Å². The molecule has 4 rings (SSSR count). The van der Waals surface area contributed by atoms with Crippen molar-refractivity contribution in [1.82, 2.24) is 9.55 Å². The van der Waals surface area contributed by atoms with E-state index in [1.807, 2.05) is 0 Å². The number of aryl methyl sites for hydroxylation is 1. The molecule has 2 aromatic rings. The van der Waals surface area contributed by atoms with Crippen molar-refractivity contribution in [2.75, 3.05) is 0 Å². The van der Waals surface area contributed by atoms with Gasteiger partial charge in [0.1, 0.15) is 17.1 Å². The molecule has 0 spiro atoms. The normalized spacial score (nSPS) is 16.2. The van der Waals surface area contributed by atoms with Crippen LogP contribution in [0.15, 0.2) is 29.1 Å². The van der Waals surface area contributed by atoms with Crippen molar-refractivity contribution in [2.24, 2.45) is 0 Å². The van der Waals surface area contributed by atoms with Crippen LogP contribution >= 0.6 is 0 Å². The van der Waals surface area contributed by atoms with Gasteiger partial charge in [0, 0.05) is 24.1 Å². The highest BCUT2D eigenvalue weighted by Gasteiger charge is 2.35. The molecule has 1 aromatic carbocycles. The van der Waals surface area contributed by atoms with Crippen molar-refractivity contribution < 1.29 is 9.59 Å². The van der Waals surface area contributed by atoms with Gasteiger partial charge in [0.15, 0.2) is 0 Å². The largest absolute Gasteiger partial charge is 0.296 e. The van der Waals surface area contributed by atoms with Crippen molar-refractivity contribution in [3.05, 3.63) is 62.8 Å². The first kappa shape index (κ1) is 12.2. The Bertz CT molecular complexity index is 864. The van der Waals surface area contributed by atoms with E-state index in [4.69, 9.17) is 0 Å². The average molecular weight is 280 g/mol. The molecule has 0 radical (unpaired) electrons. The van der Waals surface area contributed by atoms with E-state index in [0.717, 1.165) is 12.8 Å². The fourth-order valence-corrected chi connectivity index (χ4v) is 3.08. The second kappa shape index (κ2) is 4.22. The van der Waals surface area contributed by atoms with E-state index >= 15 is 0 Å². The third-order valence-electron chi connectivity index (χ3n) is 4.14. The summed E-state index contributed by atoms with van der Waals surface area (Å²) in [5.74, 6) is -0.102. The highest BCUT2D eigenvalue weighted by Crippen LogP contribution is 2.25. The van der Waals surface area contributed by atoms with Gasteiger partial charge in [-0.3, -0.25) is 19.0 Å². The number of rotatable bonds is 0. The van der Waals surface area contributed by atoms with E-state index in [2.05, 4.69) is 4.98 Å². The van der Waals surface area contributed by atoms with E-state index < -0.39 is 5.78 Å². The Balaban J connectivity index is 2.05. The first-order chi connectivity index (χ1) is 10.2. The van der Waals surface area contributed by atoms with Crippen LogP contribution in [0.4, 0.5) is 0 Å². The third kappa shape index (κ3) is 1.57. The Morgan fingerprint density at radius 1 is 0.952 bits per heavy atom. The topological polar surface area (TPSA) is 69.0 Å². The Hall–Kier alpha value is -2.56. The van der Waals surface area contributed by atoms with Gasteiger partial charge in [0.05, 0.1) is 0 Å². The smallest absolute Gasteiger partial charge is 0.265 e. The van der Waals surface area contributed by atoms with Crippen LogP contribution < -0.4 is 5.56 Å². The lowest BCUT2D eigenvalue weighted by atomic mass is 9.87. The van der Waals surface area contributed by atoms with E-state index in [1.165, 1.54) is 0 Å². The number of carbonyl (C=O) groups excluding carboxylic acids is 2. The summed E-state index contributed by atoms with van der Waals surface area (Å²) in [6.07, 6.45) is 2.52. The summed E-state index contributed by atoms with van der Waals surface area (Å²) in [4.78, 5) is 42.0. The number of hydrogen-bond acceptors (Lipinski definition) is 4. The second-order valence-electron chi connectivity index (χ2n) is 5.37. The summed E-state index contributed by atoms with van der Waals surface area (Å²) in [5.41, 5.74) is 0.219. The first-order valence-electron chi connectivity index (χ1n) is 7.00. The Kier molecular flexibility index (Phi) is 2.45. The number of nitrogens with zero attached hydrogens (tertiary/aromatic N) is 2. The van der Waals surface area contributed by atoms with Crippen LogP contribution in [0, 0.1) is 0 Å². The molecule has 2 aliphatic rings. The summed E-state index contributed by atoms with van der Waals surface area (Å²) >= 11 is 0. The molecule has 104 valence electrons. The number of carbonyl (C=O) groups is 2. The van der Waals surface area contributed by atoms with Crippen LogP contribution in [0.5, 0.6) is 0 Å². The molecule has 1 aromatic heterocycles. The summed E-state index contributed by atoms with van der Waals surface area (Å²) in [5, 5.41) is 0. The number of aromatic nitrogens is 2. The highest BCUT2D eigenvalue weighted by atomic mass is 16.2. The lowest BCUT2D eigenvalue weighted by molar-refractivity contribution is 0.0972. The van der Waals surface area contributed by atoms with E-state index in [9.17, 15) is 14.4 Å². The molecular weight excluding hydrogens is 268 g/mol. The molecule has 1 aliphatic carbocycles. The first-order valence-corrected chi connectivity index (χ1v) is 7.00. The standard InChI is InChI=1S/C16H12N2O3/c19-14-9-5-1-2-6-10(9)15(20)13-12(14)16(21)18-8-4-3-7-11(18)17-13/h1-2,5-6H,3-4,7-8H2. The van der Waals surface area contributed by atoms with Crippen LogP contribution in [0.1, 0.15) is 50.6 Å². The predicted octanol–water partition coefficient (Wildman–Crippen LogP) is 1.35. The average Bonchev–Trinajstić information content (AvgIpc) is 2.52. The molecule has 2 heterocycles. The number of benzene rings is 1. The van der Waals surface area contributed by atoms with Crippen LogP contribution in [0.3, 0.4) is 0 Å². The van der Waals surface area contributed by atoms with Gasteiger partial charge in [-0.2, -0.15) is 0 Å². The van der Waals surface area contributed by atoms with Crippen molar-refractivity contribution in [3.63, 3.8) is 0 Å². The summed E-state index contributed by atoms with van der Waals surface area (Å²) < 4.78 is 1.54. The van der Waals surface area contributed by atoms with E-state index in [0.29, 0.717) is 29.9 Å². The van der Waals surface area contributed by atoms with Crippen LogP contribution in [0.2, 0.25) is 0 Å². The highest BCUT2D eigenvalue weighted by molar-refractivity contribution is 6.27. The molecular formula is C16H12N2O3. The van der Waals surface area contributed by atoms with E-state index in [-0.39, 0.29) is 22.6 Å². The minimum Gasteiger partial charge on any atom is -0.296 e. The molecule has 1 aliphatic heterocycles. The molecule has 5 heteroatoms. The lowest BCUT2D eigenvalue weighted by Crippen LogP contribution is -2.38. The molecule has 0 bridgehead atoms. The molecule has 21 heavy (non-hydrogen) atoms. The van der Waals surface area contributed by atoms with Gasteiger partial charge in [-0.1, -0.05) is 24.3 Å². The van der Waals surface area contributed by atoms with Gasteiger partial charge in [-0.15, -0.1) is 0 Å². The Morgan fingerprint density at radius 3 is 2.43 bits per heavy atom. The molecule has 0 saturated heterocycles. The Labute approximate surface area is 120 Å². The molecule has 0 fully saturated rings. The maximum absolute atomic E-state index is 12.6. The fraction of sp³-hybridized carbons (Fsp3) is 0.250. The lowest BCUT2D eigenvalue weighted by Gasteiger charge is -2.22. The van der Waals surface area contributed by atoms with Gasteiger partial charge in [-0.05, 0) is 12.8 Å². The minimum absolute atomic E-state index is 0.0249. The molecule has 5 nitrogen and oxygen atoms in total. The van der Waals surface area contributed by atoms with Crippen molar-refractivity contribution in [1.29, 1.82) is 0 Å². The van der Waals surface area contributed by atoms with Gasteiger partial charge in [0.25, 0.3) is 5.56 Å². The van der Waals surface area contributed by atoms with Crippen LogP contribution in [0.25, 0.3) is 0 Å². The van der Waals surface area contributed by atoms with Gasteiger partial charge < -0.3 is 0 Å². The second-order valence-corrected chi connectivity index (χ2v) is 5.37. The van der Waals surface area contributed by atoms with Gasteiger partial charge in [-0.25, -0.2) is 4.98 Å². The summed E-state index contributed by atoms with van der Waals surface area (Å²) in [7, 11) is 0. The quantitative estimate of drug-likeness (QED) is 0.623. The van der Waals surface area contributed by atoms with Crippen LogP contribution in [-0.4, -0.2) is 21.1 Å². The zero-order chi connectivity index (χ0) is 14.6. The number of ketones is 2. The monoisotopic (exact) mass is 280 g/mol. The predicted molar refractivity (Wildman–Crippen MR) is 74.7 cm³/mol. The maximum atomic E-state index is 12.6. The zero-order valence-corrected chi connectivity index (χ0v) is 11.3. The number of hydrogen-bond donors (Lipinski definition) is 0. The maximum Gasteiger partial charge on any atom is 0.265 e. The molecule has 0 unspecified atom stereocenters. The molecule has 0 N–H and O–H groups in total. The Morgan fingerprint density at radius 2 is 1.67 bits per heavy atom. The zero-order valence-electron chi connectivity index (χ0n) is 11.3. The summed E-state index contributed by atoms with van der Waals surface area (Å²) in [6.45, 7) is 0.567.